The van der Waals surface area contributed by atoms with E-state index < -0.39 is 0 Å². The zero-order valence-electron chi connectivity index (χ0n) is 13.6. The number of ketones is 1. The van der Waals surface area contributed by atoms with Crippen LogP contribution in [0.2, 0.25) is 0 Å². The summed E-state index contributed by atoms with van der Waals surface area (Å²) in [4.78, 5) is 16.0. The third kappa shape index (κ3) is 2.92. The van der Waals surface area contributed by atoms with E-state index in [-0.39, 0.29) is 5.54 Å². The van der Waals surface area contributed by atoms with E-state index in [0.717, 1.165) is 45.6 Å². The Hall–Kier alpha value is -0.410. The lowest BCUT2D eigenvalue weighted by Crippen LogP contribution is -2.59. The van der Waals surface area contributed by atoms with Gasteiger partial charge < -0.3 is 4.74 Å². The van der Waals surface area contributed by atoms with E-state index in [2.05, 4.69) is 11.8 Å². The lowest BCUT2D eigenvalue weighted by Gasteiger charge is -2.45. The number of morpholine rings is 1. The minimum atomic E-state index is -0.126. The van der Waals surface area contributed by atoms with Crippen molar-refractivity contribution in [2.75, 3.05) is 26.3 Å². The van der Waals surface area contributed by atoms with Crippen LogP contribution < -0.4 is 0 Å². The van der Waals surface area contributed by atoms with Crippen LogP contribution in [0.5, 0.6) is 0 Å². The maximum absolute atomic E-state index is 13.5. The van der Waals surface area contributed by atoms with Crippen LogP contribution >= 0.6 is 0 Å². The summed E-state index contributed by atoms with van der Waals surface area (Å²) in [5.41, 5.74) is -0.126. The Balaban J connectivity index is 1.80. The van der Waals surface area contributed by atoms with Gasteiger partial charge in [-0.25, -0.2) is 0 Å². The SMILES string of the molecule is CCC1CCCCC1C(=O)C1(N2CCOCC2)CCCC1. The van der Waals surface area contributed by atoms with E-state index >= 15 is 0 Å². The van der Waals surface area contributed by atoms with Gasteiger partial charge in [0.2, 0.25) is 0 Å². The fourth-order valence-corrected chi connectivity index (χ4v) is 5.06. The summed E-state index contributed by atoms with van der Waals surface area (Å²) in [6, 6.07) is 0. The van der Waals surface area contributed by atoms with Crippen molar-refractivity contribution in [2.45, 2.75) is 70.3 Å². The lowest BCUT2D eigenvalue weighted by atomic mass is 9.70. The number of nitrogens with zero attached hydrogens (tertiary/aromatic N) is 1. The molecule has 0 amide bonds. The highest BCUT2D eigenvalue weighted by Crippen LogP contribution is 2.43. The third-order valence-corrected chi connectivity index (χ3v) is 6.28. The first-order valence-corrected chi connectivity index (χ1v) is 9.15. The molecule has 120 valence electrons. The van der Waals surface area contributed by atoms with Crippen LogP contribution in [0.25, 0.3) is 0 Å². The summed E-state index contributed by atoms with van der Waals surface area (Å²) in [7, 11) is 0. The first kappa shape index (κ1) is 15.5. The van der Waals surface area contributed by atoms with Crippen molar-refractivity contribution in [3.05, 3.63) is 0 Å². The number of carbonyl (C=O) groups is 1. The monoisotopic (exact) mass is 293 g/mol. The molecule has 0 radical (unpaired) electrons. The molecule has 0 aromatic carbocycles. The zero-order chi connectivity index (χ0) is 14.7. The fourth-order valence-electron chi connectivity index (χ4n) is 5.06. The molecule has 1 saturated heterocycles. The quantitative estimate of drug-likeness (QED) is 0.795. The number of rotatable bonds is 4. The predicted octanol–water partition coefficient (Wildman–Crippen LogP) is 3.42. The molecule has 3 rings (SSSR count). The van der Waals surface area contributed by atoms with E-state index in [4.69, 9.17) is 4.74 Å². The highest BCUT2D eigenvalue weighted by Gasteiger charge is 2.49. The summed E-state index contributed by atoms with van der Waals surface area (Å²) < 4.78 is 5.52. The Labute approximate surface area is 129 Å². The van der Waals surface area contributed by atoms with Gasteiger partial charge in [0.05, 0.1) is 18.8 Å². The first-order valence-electron chi connectivity index (χ1n) is 9.15. The van der Waals surface area contributed by atoms with Crippen molar-refractivity contribution in [2.24, 2.45) is 11.8 Å². The number of carbonyl (C=O) groups excluding carboxylic acids is 1. The van der Waals surface area contributed by atoms with E-state index in [1.54, 1.807) is 0 Å². The average Bonchev–Trinajstić information content (AvgIpc) is 3.06. The molecule has 3 nitrogen and oxygen atoms in total. The van der Waals surface area contributed by atoms with Crippen LogP contribution in [-0.2, 0) is 9.53 Å². The highest BCUT2D eigenvalue weighted by atomic mass is 16.5. The Morgan fingerprint density at radius 3 is 2.43 bits per heavy atom. The summed E-state index contributed by atoms with van der Waals surface area (Å²) in [5.74, 6) is 1.59. The van der Waals surface area contributed by atoms with Crippen LogP contribution in [0.1, 0.15) is 64.7 Å². The minimum Gasteiger partial charge on any atom is -0.379 e. The van der Waals surface area contributed by atoms with E-state index in [1.165, 1.54) is 38.5 Å². The molecule has 0 bridgehead atoms. The second kappa shape index (κ2) is 6.78. The molecule has 1 heterocycles. The van der Waals surface area contributed by atoms with Crippen molar-refractivity contribution in [3.8, 4) is 0 Å². The van der Waals surface area contributed by atoms with E-state index in [9.17, 15) is 4.79 Å². The molecule has 3 aliphatic rings. The highest BCUT2D eigenvalue weighted by molar-refractivity contribution is 5.91. The largest absolute Gasteiger partial charge is 0.379 e. The first-order chi connectivity index (χ1) is 10.3. The molecule has 3 heteroatoms. The molecule has 0 aromatic heterocycles. The zero-order valence-corrected chi connectivity index (χ0v) is 13.6. The van der Waals surface area contributed by atoms with Crippen LogP contribution in [-0.4, -0.2) is 42.5 Å². The van der Waals surface area contributed by atoms with Gasteiger partial charge in [-0.2, -0.15) is 0 Å². The normalized spacial score (nSPS) is 34.0. The smallest absolute Gasteiger partial charge is 0.156 e. The number of hydrogen-bond acceptors (Lipinski definition) is 3. The van der Waals surface area contributed by atoms with Gasteiger partial charge in [0.25, 0.3) is 0 Å². The second-order valence-corrected chi connectivity index (χ2v) is 7.26. The maximum Gasteiger partial charge on any atom is 0.156 e. The Morgan fingerprint density at radius 1 is 1.10 bits per heavy atom. The van der Waals surface area contributed by atoms with Crippen molar-refractivity contribution < 1.29 is 9.53 Å². The molecular weight excluding hydrogens is 262 g/mol. The molecule has 0 aromatic rings. The Morgan fingerprint density at radius 2 is 1.76 bits per heavy atom. The molecule has 3 fully saturated rings. The van der Waals surface area contributed by atoms with Crippen LogP contribution in [0, 0.1) is 11.8 Å². The maximum atomic E-state index is 13.5. The predicted molar refractivity (Wildman–Crippen MR) is 84.3 cm³/mol. The van der Waals surface area contributed by atoms with E-state index in [0.29, 0.717) is 17.6 Å². The molecular formula is C18H31NO2. The van der Waals surface area contributed by atoms with Crippen molar-refractivity contribution in [1.29, 1.82) is 0 Å². The Kier molecular flexibility index (Phi) is 5.00. The van der Waals surface area contributed by atoms with Gasteiger partial charge in [0, 0.05) is 19.0 Å². The van der Waals surface area contributed by atoms with Gasteiger partial charge in [0.15, 0.2) is 5.78 Å². The topological polar surface area (TPSA) is 29.5 Å². The molecule has 0 N–H and O–H groups in total. The van der Waals surface area contributed by atoms with E-state index in [1.807, 2.05) is 0 Å². The van der Waals surface area contributed by atoms with Gasteiger partial charge >= 0.3 is 0 Å². The number of Topliss-reactive ketones (excluding diaryl/α,β-unsaturated/α-hetero) is 1. The molecule has 0 spiro atoms. The minimum absolute atomic E-state index is 0.126. The van der Waals surface area contributed by atoms with Gasteiger partial charge in [-0.05, 0) is 31.6 Å². The summed E-state index contributed by atoms with van der Waals surface area (Å²) in [6.07, 6.45) is 10.8. The molecule has 1 aliphatic heterocycles. The molecule has 21 heavy (non-hydrogen) atoms. The van der Waals surface area contributed by atoms with Gasteiger partial charge in [-0.3, -0.25) is 9.69 Å². The third-order valence-electron chi connectivity index (χ3n) is 6.28. The number of hydrogen-bond donors (Lipinski definition) is 0. The van der Waals surface area contributed by atoms with Crippen LogP contribution in [0.15, 0.2) is 0 Å². The summed E-state index contributed by atoms with van der Waals surface area (Å²) in [6.45, 7) is 5.78. The number of ether oxygens (including phenoxy) is 1. The van der Waals surface area contributed by atoms with Gasteiger partial charge in [-0.1, -0.05) is 39.0 Å². The van der Waals surface area contributed by atoms with Crippen LogP contribution in [0.3, 0.4) is 0 Å². The van der Waals surface area contributed by atoms with Gasteiger partial charge in [-0.15, -0.1) is 0 Å². The average molecular weight is 293 g/mol. The van der Waals surface area contributed by atoms with Crippen molar-refractivity contribution in [3.63, 3.8) is 0 Å². The summed E-state index contributed by atoms with van der Waals surface area (Å²) in [5, 5.41) is 0. The molecule has 2 saturated carbocycles. The van der Waals surface area contributed by atoms with Gasteiger partial charge in [0.1, 0.15) is 0 Å². The fraction of sp³-hybridized carbons (Fsp3) is 0.944. The molecule has 2 unspecified atom stereocenters. The lowest BCUT2D eigenvalue weighted by molar-refractivity contribution is -0.141. The van der Waals surface area contributed by atoms with Crippen molar-refractivity contribution in [1.82, 2.24) is 4.90 Å². The molecule has 2 aliphatic carbocycles. The Bertz CT molecular complexity index is 356. The summed E-state index contributed by atoms with van der Waals surface area (Å²) >= 11 is 0. The molecule has 2 atom stereocenters. The second-order valence-electron chi connectivity index (χ2n) is 7.26. The van der Waals surface area contributed by atoms with Crippen molar-refractivity contribution >= 4 is 5.78 Å². The standard InChI is InChI=1S/C18H31NO2/c1-2-15-7-3-4-8-16(15)17(20)18(9-5-6-10-18)19-11-13-21-14-12-19/h15-16H,2-14H2,1H3. The van der Waals surface area contributed by atoms with Crippen LogP contribution in [0.4, 0.5) is 0 Å².